The standard InChI is InChI=1S/C13H13NOS.ClH/c14-13(11-4-6-16-8-11)10-1-2-12-9(7-10)3-5-15-12;/h1-2,4,6-8,13H,3,5,14H2;1H/t13-;/m0./s1. The fraction of sp³-hybridized carbons (Fsp3) is 0.231. The van der Waals surface area contributed by atoms with E-state index in [9.17, 15) is 0 Å². The van der Waals surface area contributed by atoms with E-state index in [0.29, 0.717) is 0 Å². The summed E-state index contributed by atoms with van der Waals surface area (Å²) in [5, 5.41) is 4.17. The second-order valence-corrected chi connectivity index (χ2v) is 4.78. The highest BCUT2D eigenvalue weighted by Gasteiger charge is 2.15. The average Bonchev–Trinajstić information content (AvgIpc) is 2.98. The van der Waals surface area contributed by atoms with Gasteiger partial charge in [-0.05, 0) is 39.6 Å². The summed E-state index contributed by atoms with van der Waals surface area (Å²) >= 11 is 1.68. The van der Waals surface area contributed by atoms with Gasteiger partial charge in [0.25, 0.3) is 0 Å². The van der Waals surface area contributed by atoms with E-state index >= 15 is 0 Å². The Morgan fingerprint density at radius 1 is 1.24 bits per heavy atom. The first-order chi connectivity index (χ1) is 7.84. The fourth-order valence-electron chi connectivity index (χ4n) is 2.04. The second kappa shape index (κ2) is 5.08. The van der Waals surface area contributed by atoms with Crippen molar-refractivity contribution in [1.82, 2.24) is 0 Å². The molecule has 2 N–H and O–H groups in total. The van der Waals surface area contributed by atoms with Gasteiger partial charge in [0, 0.05) is 6.42 Å². The Bertz CT molecular complexity index is 498. The summed E-state index contributed by atoms with van der Waals surface area (Å²) < 4.78 is 5.49. The van der Waals surface area contributed by atoms with Crippen LogP contribution in [-0.4, -0.2) is 6.61 Å². The molecule has 0 bridgehead atoms. The Labute approximate surface area is 111 Å². The van der Waals surface area contributed by atoms with Gasteiger partial charge in [-0.25, -0.2) is 0 Å². The van der Waals surface area contributed by atoms with Gasteiger partial charge in [-0.3, -0.25) is 0 Å². The number of fused-ring (bicyclic) bond motifs is 1. The van der Waals surface area contributed by atoms with Crippen LogP contribution in [-0.2, 0) is 6.42 Å². The molecule has 1 aromatic carbocycles. The van der Waals surface area contributed by atoms with Crippen molar-refractivity contribution < 1.29 is 4.74 Å². The Morgan fingerprint density at radius 2 is 2.12 bits per heavy atom. The SMILES string of the molecule is Cl.N[C@H](c1ccsc1)c1ccc2c(c1)CCO2. The maximum absolute atomic E-state index is 6.22. The first kappa shape index (κ1) is 12.4. The number of nitrogens with two attached hydrogens (primary N) is 1. The summed E-state index contributed by atoms with van der Waals surface area (Å²) in [5.41, 5.74) is 9.85. The van der Waals surface area contributed by atoms with Crippen LogP contribution in [0.2, 0.25) is 0 Å². The van der Waals surface area contributed by atoms with Crippen LogP contribution in [0.15, 0.2) is 35.0 Å². The lowest BCUT2D eigenvalue weighted by Gasteiger charge is -2.11. The molecular formula is C13H14ClNOS. The lowest BCUT2D eigenvalue weighted by molar-refractivity contribution is 0.357. The molecule has 4 heteroatoms. The molecule has 1 atom stereocenters. The minimum Gasteiger partial charge on any atom is -0.493 e. The third-order valence-electron chi connectivity index (χ3n) is 2.97. The van der Waals surface area contributed by atoms with Crippen molar-refractivity contribution in [3.05, 3.63) is 51.7 Å². The number of rotatable bonds is 2. The van der Waals surface area contributed by atoms with Crippen LogP contribution < -0.4 is 10.5 Å². The van der Waals surface area contributed by atoms with E-state index < -0.39 is 0 Å². The lowest BCUT2D eigenvalue weighted by atomic mass is 9.99. The van der Waals surface area contributed by atoms with Crippen molar-refractivity contribution in [3.8, 4) is 5.75 Å². The summed E-state index contributed by atoms with van der Waals surface area (Å²) in [6.45, 7) is 0.798. The van der Waals surface area contributed by atoms with Gasteiger partial charge in [0.15, 0.2) is 0 Å². The van der Waals surface area contributed by atoms with Crippen LogP contribution in [0.1, 0.15) is 22.7 Å². The molecule has 1 aromatic heterocycles. The van der Waals surface area contributed by atoms with Gasteiger partial charge in [0.2, 0.25) is 0 Å². The van der Waals surface area contributed by atoms with Crippen LogP contribution in [0, 0.1) is 0 Å². The van der Waals surface area contributed by atoms with E-state index in [4.69, 9.17) is 10.5 Å². The normalized spacial score (nSPS) is 14.6. The van der Waals surface area contributed by atoms with E-state index in [1.165, 1.54) is 16.7 Å². The monoisotopic (exact) mass is 267 g/mol. The van der Waals surface area contributed by atoms with Gasteiger partial charge in [-0.15, -0.1) is 12.4 Å². The van der Waals surface area contributed by atoms with Crippen LogP contribution in [0.4, 0.5) is 0 Å². The largest absolute Gasteiger partial charge is 0.493 e. The molecule has 0 saturated heterocycles. The quantitative estimate of drug-likeness (QED) is 0.907. The summed E-state index contributed by atoms with van der Waals surface area (Å²) in [4.78, 5) is 0. The molecule has 0 unspecified atom stereocenters. The first-order valence-electron chi connectivity index (χ1n) is 5.38. The minimum absolute atomic E-state index is 0. The van der Waals surface area contributed by atoms with E-state index in [2.05, 4.69) is 29.0 Å². The van der Waals surface area contributed by atoms with Crippen molar-refractivity contribution in [2.24, 2.45) is 5.73 Å². The number of halogens is 1. The average molecular weight is 268 g/mol. The first-order valence-corrected chi connectivity index (χ1v) is 6.32. The van der Waals surface area contributed by atoms with Gasteiger partial charge < -0.3 is 10.5 Å². The highest BCUT2D eigenvalue weighted by Crippen LogP contribution is 2.30. The molecule has 17 heavy (non-hydrogen) atoms. The Morgan fingerprint density at radius 3 is 2.88 bits per heavy atom. The van der Waals surface area contributed by atoms with Crippen molar-refractivity contribution in [2.75, 3.05) is 6.61 Å². The molecule has 3 rings (SSSR count). The summed E-state index contributed by atoms with van der Waals surface area (Å²) in [6.07, 6.45) is 1.000. The molecule has 1 aliphatic rings. The zero-order chi connectivity index (χ0) is 11.0. The number of hydrogen-bond acceptors (Lipinski definition) is 3. The minimum atomic E-state index is -0.0165. The number of benzene rings is 1. The van der Waals surface area contributed by atoms with E-state index in [1.807, 2.05) is 6.07 Å². The van der Waals surface area contributed by atoms with Gasteiger partial charge >= 0.3 is 0 Å². The molecule has 2 nitrogen and oxygen atoms in total. The van der Waals surface area contributed by atoms with Crippen molar-refractivity contribution in [2.45, 2.75) is 12.5 Å². The maximum Gasteiger partial charge on any atom is 0.122 e. The third kappa shape index (κ3) is 2.32. The second-order valence-electron chi connectivity index (χ2n) is 4.00. The predicted molar refractivity (Wildman–Crippen MR) is 73.2 cm³/mol. The molecule has 0 fully saturated rings. The zero-order valence-corrected chi connectivity index (χ0v) is 10.9. The Kier molecular flexibility index (Phi) is 3.72. The van der Waals surface area contributed by atoms with Crippen molar-refractivity contribution in [3.63, 3.8) is 0 Å². The third-order valence-corrected chi connectivity index (χ3v) is 3.68. The highest BCUT2D eigenvalue weighted by atomic mass is 35.5. The van der Waals surface area contributed by atoms with Crippen molar-refractivity contribution >= 4 is 23.7 Å². The summed E-state index contributed by atoms with van der Waals surface area (Å²) in [6, 6.07) is 8.33. The smallest absolute Gasteiger partial charge is 0.122 e. The van der Waals surface area contributed by atoms with Gasteiger partial charge in [0.1, 0.15) is 5.75 Å². The van der Waals surface area contributed by atoms with E-state index in [1.54, 1.807) is 11.3 Å². The maximum atomic E-state index is 6.22. The van der Waals surface area contributed by atoms with E-state index in [-0.39, 0.29) is 18.4 Å². The molecule has 2 aromatic rings. The predicted octanol–water partition coefficient (Wildman–Crippen LogP) is 3.15. The molecule has 90 valence electrons. The molecule has 0 aliphatic carbocycles. The van der Waals surface area contributed by atoms with Gasteiger partial charge in [0.05, 0.1) is 12.6 Å². The molecule has 0 saturated carbocycles. The molecular weight excluding hydrogens is 254 g/mol. The van der Waals surface area contributed by atoms with Gasteiger partial charge in [-0.2, -0.15) is 11.3 Å². The molecule has 1 aliphatic heterocycles. The fourth-order valence-corrected chi connectivity index (χ4v) is 2.74. The number of hydrogen-bond donors (Lipinski definition) is 1. The van der Waals surface area contributed by atoms with Crippen LogP contribution in [0.25, 0.3) is 0 Å². The molecule has 2 heterocycles. The number of thiophene rings is 1. The van der Waals surface area contributed by atoms with Crippen LogP contribution in [0.5, 0.6) is 5.75 Å². The highest BCUT2D eigenvalue weighted by molar-refractivity contribution is 7.08. The molecule has 0 spiro atoms. The number of ether oxygens (including phenoxy) is 1. The Balaban J connectivity index is 0.00000108. The Hall–Kier alpha value is -1.03. The topological polar surface area (TPSA) is 35.2 Å². The van der Waals surface area contributed by atoms with Crippen LogP contribution in [0.3, 0.4) is 0 Å². The summed E-state index contributed by atoms with van der Waals surface area (Å²) in [5.74, 6) is 1.02. The van der Waals surface area contributed by atoms with Crippen LogP contribution >= 0.6 is 23.7 Å². The van der Waals surface area contributed by atoms with Gasteiger partial charge in [-0.1, -0.05) is 12.1 Å². The molecule has 0 amide bonds. The molecule has 0 radical (unpaired) electrons. The lowest BCUT2D eigenvalue weighted by Crippen LogP contribution is -2.10. The van der Waals surface area contributed by atoms with E-state index in [0.717, 1.165) is 18.8 Å². The summed E-state index contributed by atoms with van der Waals surface area (Å²) in [7, 11) is 0. The van der Waals surface area contributed by atoms with Crippen molar-refractivity contribution in [1.29, 1.82) is 0 Å². The zero-order valence-electron chi connectivity index (χ0n) is 9.26.